The molecule has 0 saturated heterocycles. The lowest BCUT2D eigenvalue weighted by Crippen LogP contribution is -2.04. The fourth-order valence-corrected chi connectivity index (χ4v) is 2.86. The highest BCUT2D eigenvalue weighted by Crippen LogP contribution is 2.25. The maximum atomic E-state index is 10.9. The van der Waals surface area contributed by atoms with Crippen LogP contribution in [0.1, 0.15) is 64.4 Å². The van der Waals surface area contributed by atoms with Gasteiger partial charge in [-0.05, 0) is 24.0 Å². The van der Waals surface area contributed by atoms with E-state index < -0.39 is 0 Å². The summed E-state index contributed by atoms with van der Waals surface area (Å²) in [6.45, 7) is 4.38. The summed E-state index contributed by atoms with van der Waals surface area (Å²) >= 11 is 1.30. The molecule has 0 amide bonds. The van der Waals surface area contributed by atoms with Crippen LogP contribution in [0.15, 0.2) is 6.07 Å². The van der Waals surface area contributed by atoms with E-state index in [1.807, 2.05) is 6.07 Å². The van der Waals surface area contributed by atoms with Gasteiger partial charge in [-0.1, -0.05) is 39.5 Å². The summed E-state index contributed by atoms with van der Waals surface area (Å²) in [5.74, 6) is 0.628. The smallest absolute Gasteiger partial charge is 0.160 e. The van der Waals surface area contributed by atoms with E-state index in [0.29, 0.717) is 10.8 Å². The molecule has 94 valence electrons. The third-order valence-electron chi connectivity index (χ3n) is 3.14. The van der Waals surface area contributed by atoms with Gasteiger partial charge in [0.25, 0.3) is 0 Å². The number of thiophene rings is 1. The molecule has 0 aliphatic carbocycles. The lowest BCUT2D eigenvalue weighted by atomic mass is 9.92. The Kier molecular flexibility index (Phi) is 6.12. The third-order valence-corrected chi connectivity index (χ3v) is 4.16. The predicted molar refractivity (Wildman–Crippen MR) is 72.1 cm³/mol. The Balaban J connectivity index is 2.73. The van der Waals surface area contributed by atoms with E-state index in [1.165, 1.54) is 30.6 Å². The van der Waals surface area contributed by atoms with Crippen molar-refractivity contribution in [3.8, 4) is 0 Å². The number of hydrogen-bond donors (Lipinski definition) is 0. The largest absolute Gasteiger partial charge is 0.297 e. The van der Waals surface area contributed by atoms with Gasteiger partial charge >= 0.3 is 0 Å². The molecule has 2 nitrogen and oxygen atoms in total. The lowest BCUT2D eigenvalue weighted by Gasteiger charge is -2.13. The highest BCUT2D eigenvalue weighted by Gasteiger charge is 2.13. The second-order valence-corrected chi connectivity index (χ2v) is 5.51. The van der Waals surface area contributed by atoms with Crippen molar-refractivity contribution in [2.24, 2.45) is 5.92 Å². The van der Waals surface area contributed by atoms with Crippen molar-refractivity contribution in [3.05, 3.63) is 21.4 Å². The summed E-state index contributed by atoms with van der Waals surface area (Å²) in [6, 6.07) is 1.87. The molecule has 0 aromatic carbocycles. The van der Waals surface area contributed by atoms with E-state index in [4.69, 9.17) is 0 Å². The summed E-state index contributed by atoms with van der Waals surface area (Å²) in [6.07, 6.45) is 7.41. The molecule has 1 heterocycles. The van der Waals surface area contributed by atoms with Crippen LogP contribution in [-0.4, -0.2) is 12.6 Å². The summed E-state index contributed by atoms with van der Waals surface area (Å²) in [5.41, 5.74) is 1.05. The topological polar surface area (TPSA) is 34.1 Å². The summed E-state index contributed by atoms with van der Waals surface area (Å²) in [4.78, 5) is 23.0. The average Bonchev–Trinajstić information content (AvgIpc) is 2.76. The maximum absolute atomic E-state index is 10.9. The van der Waals surface area contributed by atoms with Crippen molar-refractivity contribution in [3.63, 3.8) is 0 Å². The number of carbonyl (C=O) groups is 2. The third kappa shape index (κ3) is 4.08. The Bertz CT molecular complexity index is 368. The molecule has 0 bridgehead atoms. The van der Waals surface area contributed by atoms with E-state index in [2.05, 4.69) is 13.8 Å². The van der Waals surface area contributed by atoms with Gasteiger partial charge in [0.1, 0.15) is 0 Å². The van der Waals surface area contributed by atoms with E-state index in [9.17, 15) is 9.59 Å². The minimum absolute atomic E-state index is 0.628. The van der Waals surface area contributed by atoms with Gasteiger partial charge in [0.2, 0.25) is 0 Å². The van der Waals surface area contributed by atoms with Gasteiger partial charge in [0, 0.05) is 0 Å². The molecule has 0 radical (unpaired) electrons. The van der Waals surface area contributed by atoms with Gasteiger partial charge in [0.05, 0.1) is 9.75 Å². The van der Waals surface area contributed by atoms with Gasteiger partial charge in [-0.25, -0.2) is 0 Å². The molecule has 3 heteroatoms. The molecule has 0 saturated carbocycles. The molecule has 0 N–H and O–H groups in total. The molecule has 0 aliphatic rings. The number of carbonyl (C=O) groups excluding carboxylic acids is 2. The number of hydrogen-bond acceptors (Lipinski definition) is 3. The normalized spacial score (nSPS) is 12.4. The molecular formula is C14H20O2S. The van der Waals surface area contributed by atoms with Crippen LogP contribution in [0.4, 0.5) is 0 Å². The van der Waals surface area contributed by atoms with Crippen molar-refractivity contribution in [2.75, 3.05) is 0 Å². The van der Waals surface area contributed by atoms with Crippen LogP contribution < -0.4 is 0 Å². The molecule has 1 aromatic rings. The Labute approximate surface area is 107 Å². The summed E-state index contributed by atoms with van der Waals surface area (Å²) < 4.78 is 0. The number of aldehydes is 2. The molecule has 0 spiro atoms. The molecule has 17 heavy (non-hydrogen) atoms. The highest BCUT2D eigenvalue weighted by molar-refractivity contribution is 7.15. The maximum Gasteiger partial charge on any atom is 0.160 e. The van der Waals surface area contributed by atoms with Crippen molar-refractivity contribution < 1.29 is 9.59 Å². The predicted octanol–water partition coefficient (Wildman–Crippen LogP) is 4.13. The fraction of sp³-hybridized carbons (Fsp3) is 0.571. The highest BCUT2D eigenvalue weighted by atomic mass is 32.1. The van der Waals surface area contributed by atoms with Crippen molar-refractivity contribution in [2.45, 2.75) is 46.0 Å². The molecule has 1 unspecified atom stereocenters. The second kappa shape index (κ2) is 7.38. The lowest BCUT2D eigenvalue weighted by molar-refractivity contribution is 0.111. The Morgan fingerprint density at radius 3 is 2.59 bits per heavy atom. The van der Waals surface area contributed by atoms with Gasteiger partial charge in [-0.2, -0.15) is 0 Å². The van der Waals surface area contributed by atoms with Crippen LogP contribution in [-0.2, 0) is 6.42 Å². The van der Waals surface area contributed by atoms with Gasteiger partial charge in [-0.15, -0.1) is 11.3 Å². The average molecular weight is 252 g/mol. The first kappa shape index (κ1) is 14.1. The zero-order chi connectivity index (χ0) is 12.7. The first-order valence-corrected chi connectivity index (χ1v) is 7.09. The molecule has 1 rings (SSSR count). The van der Waals surface area contributed by atoms with Crippen LogP contribution in [0.3, 0.4) is 0 Å². The van der Waals surface area contributed by atoms with E-state index in [0.717, 1.165) is 35.9 Å². The van der Waals surface area contributed by atoms with E-state index >= 15 is 0 Å². The van der Waals surface area contributed by atoms with Gasteiger partial charge < -0.3 is 0 Å². The molecule has 1 atom stereocenters. The van der Waals surface area contributed by atoms with Crippen molar-refractivity contribution >= 4 is 23.9 Å². The van der Waals surface area contributed by atoms with Gasteiger partial charge in [0.15, 0.2) is 12.6 Å². The number of rotatable bonds is 8. The monoisotopic (exact) mass is 252 g/mol. The minimum atomic E-state index is 0.628. The minimum Gasteiger partial charge on any atom is -0.297 e. The Hall–Kier alpha value is -0.960. The first-order chi connectivity index (χ1) is 8.24. The Morgan fingerprint density at radius 2 is 2.06 bits per heavy atom. The Morgan fingerprint density at radius 1 is 1.29 bits per heavy atom. The van der Waals surface area contributed by atoms with Crippen LogP contribution in [0.25, 0.3) is 0 Å². The molecular weight excluding hydrogens is 232 g/mol. The van der Waals surface area contributed by atoms with Crippen LogP contribution >= 0.6 is 11.3 Å². The zero-order valence-electron chi connectivity index (χ0n) is 10.6. The fourth-order valence-electron chi connectivity index (χ4n) is 2.04. The van der Waals surface area contributed by atoms with Crippen LogP contribution in [0.2, 0.25) is 0 Å². The summed E-state index contributed by atoms with van der Waals surface area (Å²) in [5, 5.41) is 0. The van der Waals surface area contributed by atoms with Crippen LogP contribution in [0, 0.1) is 5.92 Å². The zero-order valence-corrected chi connectivity index (χ0v) is 11.4. The second-order valence-electron chi connectivity index (χ2n) is 4.39. The first-order valence-electron chi connectivity index (χ1n) is 6.28. The summed E-state index contributed by atoms with van der Waals surface area (Å²) in [7, 11) is 0. The quantitative estimate of drug-likeness (QED) is 0.652. The standard InChI is InChI=1S/C14H20O2S/c1-3-5-6-11(4-2)7-12-8-13(9-15)17-14(12)10-16/h8-11H,3-7H2,1-2H3. The van der Waals surface area contributed by atoms with Crippen LogP contribution in [0.5, 0.6) is 0 Å². The molecule has 0 fully saturated rings. The van der Waals surface area contributed by atoms with Crippen molar-refractivity contribution in [1.82, 2.24) is 0 Å². The SMILES string of the molecule is CCCCC(CC)Cc1cc(C=O)sc1C=O. The number of unbranched alkanes of at least 4 members (excludes halogenated alkanes) is 1. The molecule has 1 aromatic heterocycles. The molecule has 0 aliphatic heterocycles. The van der Waals surface area contributed by atoms with E-state index in [1.54, 1.807) is 0 Å². The van der Waals surface area contributed by atoms with E-state index in [-0.39, 0.29) is 0 Å². The van der Waals surface area contributed by atoms with Crippen molar-refractivity contribution in [1.29, 1.82) is 0 Å². The van der Waals surface area contributed by atoms with Gasteiger partial charge in [-0.3, -0.25) is 9.59 Å².